The molecular weight excluding hydrogens is 393 g/mol. The number of hydrogen-bond donors (Lipinski definition) is 1. The highest BCUT2D eigenvalue weighted by Gasteiger charge is 2.24. The quantitative estimate of drug-likeness (QED) is 0.674. The van der Waals surface area contributed by atoms with Crippen molar-refractivity contribution in [1.82, 2.24) is 4.90 Å². The number of hydrogen-bond acceptors (Lipinski definition) is 3. The van der Waals surface area contributed by atoms with Crippen LogP contribution in [-0.4, -0.2) is 36.9 Å². The molecule has 3 rings (SSSR count). The summed E-state index contributed by atoms with van der Waals surface area (Å²) in [5, 5.41) is 3.06. The van der Waals surface area contributed by atoms with Gasteiger partial charge in [-0.15, -0.1) is 0 Å². The molecule has 1 N–H and O–H groups in total. The van der Waals surface area contributed by atoms with Crippen molar-refractivity contribution in [1.29, 1.82) is 0 Å². The molecule has 166 valence electrons. The van der Waals surface area contributed by atoms with Crippen LogP contribution in [0.5, 0.6) is 0 Å². The summed E-state index contributed by atoms with van der Waals surface area (Å²) < 4.78 is 13.3. The lowest BCUT2D eigenvalue weighted by molar-refractivity contribution is -0.119. The molecule has 0 heterocycles. The molecule has 0 aliphatic heterocycles. The maximum absolute atomic E-state index is 13.3. The predicted octanol–water partition coefficient (Wildman–Crippen LogP) is 5.07. The fourth-order valence-corrected chi connectivity index (χ4v) is 4.09. The summed E-state index contributed by atoms with van der Waals surface area (Å²) in [5.74, 6) is -0.360. The molecule has 0 unspecified atom stereocenters. The van der Waals surface area contributed by atoms with Crippen molar-refractivity contribution in [2.75, 3.05) is 24.3 Å². The topological polar surface area (TPSA) is 52.7 Å². The normalized spacial score (nSPS) is 14.0. The van der Waals surface area contributed by atoms with Crippen LogP contribution in [0.3, 0.4) is 0 Å². The van der Waals surface area contributed by atoms with Gasteiger partial charge in [0.15, 0.2) is 0 Å². The highest BCUT2D eigenvalue weighted by atomic mass is 19.1. The first-order valence-electron chi connectivity index (χ1n) is 10.9. The summed E-state index contributed by atoms with van der Waals surface area (Å²) >= 11 is 0. The van der Waals surface area contributed by atoms with Gasteiger partial charge in [0.25, 0.3) is 5.91 Å². The Kier molecular flexibility index (Phi) is 7.31. The van der Waals surface area contributed by atoms with E-state index in [2.05, 4.69) is 5.32 Å². The maximum atomic E-state index is 13.3. The second kappa shape index (κ2) is 9.94. The van der Waals surface area contributed by atoms with Crippen LogP contribution in [0, 0.1) is 11.7 Å². The van der Waals surface area contributed by atoms with Crippen LogP contribution >= 0.6 is 0 Å². The van der Waals surface area contributed by atoms with E-state index < -0.39 is 0 Å². The van der Waals surface area contributed by atoms with Crippen molar-refractivity contribution in [3.8, 4) is 0 Å². The smallest absolute Gasteiger partial charge is 0.254 e. The highest BCUT2D eigenvalue weighted by molar-refractivity contribution is 5.95. The highest BCUT2D eigenvalue weighted by Crippen LogP contribution is 2.29. The molecule has 0 radical (unpaired) electrons. The Labute approximate surface area is 184 Å². The number of anilines is 2. The Hall–Kier alpha value is -2.89. The van der Waals surface area contributed by atoms with Gasteiger partial charge in [0, 0.05) is 49.5 Å². The Morgan fingerprint density at radius 2 is 1.71 bits per heavy atom. The summed E-state index contributed by atoms with van der Waals surface area (Å²) in [5.41, 5.74) is 3.12. The van der Waals surface area contributed by atoms with Crippen LogP contribution in [0.2, 0.25) is 0 Å². The fourth-order valence-electron chi connectivity index (χ4n) is 4.09. The molecule has 0 aromatic heterocycles. The molecule has 1 aliphatic carbocycles. The average Bonchev–Trinajstić information content (AvgIpc) is 3.27. The van der Waals surface area contributed by atoms with Crippen molar-refractivity contribution in [2.24, 2.45) is 5.92 Å². The second-order valence-electron chi connectivity index (χ2n) is 8.74. The largest absolute Gasteiger partial charge is 0.377 e. The fraction of sp³-hybridized carbons (Fsp3) is 0.440. The number of carbonyl (C=O) groups is 2. The zero-order chi connectivity index (χ0) is 22.5. The number of nitrogens with one attached hydrogen (secondary N) is 1. The molecule has 31 heavy (non-hydrogen) atoms. The SMILES string of the molecule is CC(C)N(Cc1cc(NC(=O)C2CCCC2)ccc1N(C)C)C(=O)c1ccc(F)cc1. The lowest BCUT2D eigenvalue weighted by Gasteiger charge is -2.29. The van der Waals surface area contributed by atoms with Crippen molar-refractivity contribution >= 4 is 23.2 Å². The third-order valence-electron chi connectivity index (χ3n) is 5.87. The van der Waals surface area contributed by atoms with Gasteiger partial charge >= 0.3 is 0 Å². The lowest BCUT2D eigenvalue weighted by atomic mass is 10.1. The van der Waals surface area contributed by atoms with E-state index in [4.69, 9.17) is 0 Å². The number of rotatable bonds is 7. The number of benzene rings is 2. The van der Waals surface area contributed by atoms with Crippen LogP contribution in [0.1, 0.15) is 55.5 Å². The van der Waals surface area contributed by atoms with Gasteiger partial charge in [-0.2, -0.15) is 0 Å². The molecule has 0 saturated heterocycles. The van der Waals surface area contributed by atoms with E-state index in [-0.39, 0.29) is 29.6 Å². The van der Waals surface area contributed by atoms with Gasteiger partial charge in [0.05, 0.1) is 0 Å². The monoisotopic (exact) mass is 425 g/mol. The van der Waals surface area contributed by atoms with E-state index in [1.165, 1.54) is 24.3 Å². The van der Waals surface area contributed by atoms with E-state index in [0.717, 1.165) is 42.6 Å². The number of halogens is 1. The van der Waals surface area contributed by atoms with E-state index in [1.807, 2.05) is 51.0 Å². The van der Waals surface area contributed by atoms with Crippen LogP contribution in [0.4, 0.5) is 15.8 Å². The molecule has 2 amide bonds. The van der Waals surface area contributed by atoms with Gasteiger partial charge in [-0.25, -0.2) is 4.39 Å². The molecule has 5 nitrogen and oxygen atoms in total. The molecule has 6 heteroatoms. The number of nitrogens with zero attached hydrogens (tertiary/aromatic N) is 2. The second-order valence-corrected chi connectivity index (χ2v) is 8.74. The summed E-state index contributed by atoms with van der Waals surface area (Å²) in [6.07, 6.45) is 4.11. The molecular formula is C25H32FN3O2. The summed E-state index contributed by atoms with van der Waals surface area (Å²) in [7, 11) is 3.91. The van der Waals surface area contributed by atoms with E-state index in [0.29, 0.717) is 12.1 Å². The van der Waals surface area contributed by atoms with Gasteiger partial charge in [-0.05, 0) is 74.7 Å². The van der Waals surface area contributed by atoms with Gasteiger partial charge in [0.2, 0.25) is 5.91 Å². The minimum absolute atomic E-state index is 0.0516. The first-order chi connectivity index (χ1) is 14.8. The van der Waals surface area contributed by atoms with Gasteiger partial charge in [-0.3, -0.25) is 9.59 Å². The Bertz CT molecular complexity index is 919. The van der Waals surface area contributed by atoms with E-state index in [9.17, 15) is 14.0 Å². The van der Waals surface area contributed by atoms with E-state index >= 15 is 0 Å². The minimum Gasteiger partial charge on any atom is -0.377 e. The molecule has 0 atom stereocenters. The molecule has 0 bridgehead atoms. The minimum atomic E-state index is -0.367. The zero-order valence-electron chi connectivity index (χ0n) is 18.8. The molecule has 1 saturated carbocycles. The zero-order valence-corrected chi connectivity index (χ0v) is 18.8. The van der Waals surface area contributed by atoms with Gasteiger partial charge in [0.1, 0.15) is 5.82 Å². The first kappa shape index (κ1) is 22.8. The number of carbonyl (C=O) groups excluding carboxylic acids is 2. The predicted molar refractivity (Wildman–Crippen MR) is 123 cm³/mol. The average molecular weight is 426 g/mol. The van der Waals surface area contributed by atoms with Gasteiger partial charge < -0.3 is 15.1 Å². The van der Waals surface area contributed by atoms with Crippen molar-refractivity contribution in [3.05, 3.63) is 59.4 Å². The first-order valence-corrected chi connectivity index (χ1v) is 10.9. The van der Waals surface area contributed by atoms with Crippen molar-refractivity contribution in [3.63, 3.8) is 0 Å². The molecule has 1 aliphatic rings. The van der Waals surface area contributed by atoms with Gasteiger partial charge in [-0.1, -0.05) is 12.8 Å². The Morgan fingerprint density at radius 3 is 2.29 bits per heavy atom. The third kappa shape index (κ3) is 5.63. The summed E-state index contributed by atoms with van der Waals surface area (Å²) in [6.45, 7) is 4.31. The molecule has 1 fully saturated rings. The third-order valence-corrected chi connectivity index (χ3v) is 5.87. The van der Waals surface area contributed by atoms with Crippen molar-refractivity contribution in [2.45, 2.75) is 52.1 Å². The van der Waals surface area contributed by atoms with Crippen molar-refractivity contribution < 1.29 is 14.0 Å². The van der Waals surface area contributed by atoms with Crippen LogP contribution in [-0.2, 0) is 11.3 Å². The van der Waals surface area contributed by atoms with Crippen LogP contribution < -0.4 is 10.2 Å². The van der Waals surface area contributed by atoms with Crippen LogP contribution in [0.25, 0.3) is 0 Å². The molecule has 2 aromatic carbocycles. The summed E-state index contributed by atoms with van der Waals surface area (Å²) in [4.78, 5) is 29.5. The molecule has 2 aromatic rings. The lowest BCUT2D eigenvalue weighted by Crippen LogP contribution is -2.36. The number of amides is 2. The van der Waals surface area contributed by atoms with E-state index in [1.54, 1.807) is 4.90 Å². The Morgan fingerprint density at radius 1 is 1.06 bits per heavy atom. The maximum Gasteiger partial charge on any atom is 0.254 e. The molecule has 0 spiro atoms. The standard InChI is InChI=1S/C25H32FN3O2/c1-17(2)29(25(31)19-9-11-21(26)12-10-19)16-20-15-22(13-14-23(20)28(3)4)27-24(30)18-7-5-6-8-18/h9-15,17-18H,5-8,16H2,1-4H3,(H,27,30). The van der Waals surface area contributed by atoms with Crippen LogP contribution in [0.15, 0.2) is 42.5 Å². The Balaban J connectivity index is 1.85. The summed E-state index contributed by atoms with van der Waals surface area (Å²) in [6, 6.07) is 11.4.